The first kappa shape index (κ1) is 45.6. The maximum Gasteiger partial charge on any atom is 0.338 e. The standard InChI is InChI=1S/C49H53NO15/c1-26-32-24-49(59)42(64-44(57)29-17-10-7-11-18-29)40-47(5,41(55)39(62-27(2)51)36(26)46(49,3)4)33(52)23-34-48(40,25-61-34)65-35(53)21-14-22-60-31-20-13-12-19-30(31)37(38(54)45(58)63-32)50-43(56)28-15-8-6-9-16-28/h6-13,15-20,32-34,37-40,42,52,54,59H,14,21-25H2,1-5H3,(H,50,56)/t32-,33-,34+,37-,38+,39+,40-,42-,47+,48-,49+/m0/s1. The van der Waals surface area contributed by atoms with Gasteiger partial charge in [-0.1, -0.05) is 68.4 Å². The molecule has 8 rings (SSSR count). The maximum absolute atomic E-state index is 15.6. The molecule has 1 spiro atoms. The molecule has 1 amide bonds. The van der Waals surface area contributed by atoms with Crippen molar-refractivity contribution in [1.29, 1.82) is 0 Å². The van der Waals surface area contributed by atoms with Gasteiger partial charge in [0.1, 0.15) is 29.7 Å². The summed E-state index contributed by atoms with van der Waals surface area (Å²) in [4.78, 5) is 85.6. The number of fused-ring (bicyclic) bond motifs is 3. The van der Waals surface area contributed by atoms with Crippen molar-refractivity contribution >= 4 is 35.6 Å². The highest BCUT2D eigenvalue weighted by Gasteiger charge is 2.78. The Morgan fingerprint density at radius 2 is 1.51 bits per heavy atom. The average molecular weight is 896 g/mol. The lowest BCUT2D eigenvalue weighted by molar-refractivity contribution is -0.346. The van der Waals surface area contributed by atoms with Crippen molar-refractivity contribution in [3.63, 3.8) is 0 Å². The first-order chi connectivity index (χ1) is 30.8. The highest BCUT2D eigenvalue weighted by molar-refractivity contribution is 5.96. The quantitative estimate of drug-likeness (QED) is 0.162. The van der Waals surface area contributed by atoms with Crippen LogP contribution in [0.5, 0.6) is 5.75 Å². The van der Waals surface area contributed by atoms with E-state index in [1.165, 1.54) is 26.0 Å². The van der Waals surface area contributed by atoms with Gasteiger partial charge < -0.3 is 49.1 Å². The van der Waals surface area contributed by atoms with E-state index in [-0.39, 0.29) is 66.1 Å². The van der Waals surface area contributed by atoms with Crippen LogP contribution in [0.1, 0.15) is 92.6 Å². The number of hydrogen-bond acceptors (Lipinski definition) is 15. The van der Waals surface area contributed by atoms with Gasteiger partial charge in [-0.25, -0.2) is 9.59 Å². The Bertz CT molecular complexity index is 2420. The van der Waals surface area contributed by atoms with Gasteiger partial charge in [-0.15, -0.1) is 0 Å². The van der Waals surface area contributed by atoms with Crippen molar-refractivity contribution < 1.29 is 72.5 Å². The van der Waals surface area contributed by atoms with E-state index in [0.29, 0.717) is 0 Å². The molecular weight excluding hydrogens is 843 g/mol. The number of ketones is 1. The minimum Gasteiger partial charge on any atom is -0.493 e. The number of ether oxygens (including phenoxy) is 6. The number of aliphatic hydroxyl groups excluding tert-OH is 2. The van der Waals surface area contributed by atoms with Crippen molar-refractivity contribution in [2.75, 3.05) is 13.2 Å². The van der Waals surface area contributed by atoms with Crippen LogP contribution in [-0.2, 0) is 42.9 Å². The fourth-order valence-electron chi connectivity index (χ4n) is 10.8. The van der Waals surface area contributed by atoms with Crippen LogP contribution in [0.25, 0.3) is 0 Å². The van der Waals surface area contributed by atoms with Crippen LogP contribution >= 0.6 is 0 Å². The summed E-state index contributed by atoms with van der Waals surface area (Å²) in [5.74, 6) is -6.74. The minimum atomic E-state index is -2.41. The van der Waals surface area contributed by atoms with Crippen LogP contribution in [0.15, 0.2) is 96.1 Å². The number of esters is 4. The fraction of sp³-hybridized carbons (Fsp3) is 0.469. The molecule has 0 radical (unpaired) electrons. The number of nitrogens with one attached hydrogen (secondary N) is 1. The number of Topliss-reactive ketones (excluding diaryl/α,β-unsaturated/α-hetero) is 1. The van der Waals surface area contributed by atoms with E-state index in [4.69, 9.17) is 28.4 Å². The second kappa shape index (κ2) is 17.1. The van der Waals surface area contributed by atoms with Crippen molar-refractivity contribution in [2.45, 2.75) is 114 Å². The Morgan fingerprint density at radius 1 is 0.862 bits per heavy atom. The van der Waals surface area contributed by atoms with Gasteiger partial charge in [-0.05, 0) is 61.7 Å². The lowest BCUT2D eigenvalue weighted by atomic mass is 9.44. The first-order valence-electron chi connectivity index (χ1n) is 21.7. The summed E-state index contributed by atoms with van der Waals surface area (Å²) in [7, 11) is 0. The minimum absolute atomic E-state index is 0.00789. The SMILES string of the molecule is CC(=O)O[C@H]1C(=O)[C@@]2(C)[C@@H]3[C@H](OC(=O)c4ccccc4)[C@]4(O)C[C@H](OC(=O)[C@H](O)[C@@H](NC(=O)c5ccccc5)c5ccccc5OCCCC(=O)O[C@]35CO[C@@H]5C[C@@H]2O)C(C)=C1C4(C)C. The zero-order valence-corrected chi connectivity index (χ0v) is 36.7. The van der Waals surface area contributed by atoms with Gasteiger partial charge in [0, 0.05) is 42.7 Å². The van der Waals surface area contributed by atoms with Crippen LogP contribution in [0.2, 0.25) is 0 Å². The number of hydrogen-bond donors (Lipinski definition) is 4. The molecule has 1 saturated heterocycles. The Labute approximate surface area is 375 Å². The van der Waals surface area contributed by atoms with E-state index in [0.717, 1.165) is 6.92 Å². The molecule has 4 bridgehead atoms. The number of carbonyl (C=O) groups excluding carboxylic acids is 6. The number of para-hydroxylation sites is 1. The Kier molecular flexibility index (Phi) is 12.0. The summed E-state index contributed by atoms with van der Waals surface area (Å²) in [5, 5.41) is 40.8. The van der Waals surface area contributed by atoms with Crippen molar-refractivity contribution in [1.82, 2.24) is 5.32 Å². The molecule has 16 nitrogen and oxygen atoms in total. The molecule has 3 aliphatic carbocycles. The van der Waals surface area contributed by atoms with Crippen molar-refractivity contribution in [3.8, 4) is 5.75 Å². The number of rotatable bonds is 5. The summed E-state index contributed by atoms with van der Waals surface area (Å²) in [6, 6.07) is 20.9. The lowest BCUT2D eigenvalue weighted by Crippen LogP contribution is -2.82. The Morgan fingerprint density at radius 3 is 2.15 bits per heavy atom. The predicted molar refractivity (Wildman–Crippen MR) is 227 cm³/mol. The second-order valence-electron chi connectivity index (χ2n) is 18.3. The van der Waals surface area contributed by atoms with Crippen LogP contribution in [0.4, 0.5) is 0 Å². The summed E-state index contributed by atoms with van der Waals surface area (Å²) in [6.07, 6.45) is -10.9. The predicted octanol–water partition coefficient (Wildman–Crippen LogP) is 3.89. The van der Waals surface area contributed by atoms with Gasteiger partial charge >= 0.3 is 23.9 Å². The third-order valence-corrected chi connectivity index (χ3v) is 14.3. The molecule has 0 aromatic heterocycles. The monoisotopic (exact) mass is 895 g/mol. The van der Waals surface area contributed by atoms with Gasteiger partial charge in [0.05, 0.1) is 42.3 Å². The summed E-state index contributed by atoms with van der Waals surface area (Å²) in [5.41, 5.74) is -7.35. The van der Waals surface area contributed by atoms with E-state index < -0.39 is 113 Å². The molecular formula is C49H53NO15. The van der Waals surface area contributed by atoms with Crippen LogP contribution in [0.3, 0.4) is 0 Å². The molecule has 4 N–H and O–H groups in total. The number of benzene rings is 3. The molecule has 2 heterocycles. The van der Waals surface area contributed by atoms with E-state index in [1.54, 1.807) is 86.6 Å². The maximum atomic E-state index is 15.6. The zero-order chi connectivity index (χ0) is 46.6. The molecule has 5 aliphatic rings. The van der Waals surface area contributed by atoms with Gasteiger partial charge in [0.2, 0.25) is 0 Å². The molecule has 3 aromatic carbocycles. The van der Waals surface area contributed by atoms with E-state index in [9.17, 15) is 39.3 Å². The van der Waals surface area contributed by atoms with E-state index >= 15 is 4.79 Å². The van der Waals surface area contributed by atoms with Gasteiger partial charge in [-0.3, -0.25) is 19.2 Å². The lowest BCUT2D eigenvalue weighted by Gasteiger charge is -2.67. The van der Waals surface area contributed by atoms with Crippen molar-refractivity contribution in [2.24, 2.45) is 16.7 Å². The smallest absolute Gasteiger partial charge is 0.338 e. The van der Waals surface area contributed by atoms with Crippen LogP contribution in [-0.4, -0.2) is 112 Å². The number of amides is 1. The average Bonchev–Trinajstić information content (AvgIpc) is 3.28. The summed E-state index contributed by atoms with van der Waals surface area (Å²) >= 11 is 0. The third-order valence-electron chi connectivity index (χ3n) is 14.3. The number of carbonyl (C=O) groups is 6. The third kappa shape index (κ3) is 7.59. The number of aliphatic hydroxyl groups is 3. The van der Waals surface area contributed by atoms with Crippen LogP contribution in [0, 0.1) is 16.7 Å². The second-order valence-corrected chi connectivity index (χ2v) is 18.3. The van der Waals surface area contributed by atoms with Crippen molar-refractivity contribution in [3.05, 3.63) is 113 Å². The van der Waals surface area contributed by atoms with Gasteiger partial charge in [0.25, 0.3) is 5.91 Å². The molecule has 3 aromatic rings. The summed E-state index contributed by atoms with van der Waals surface area (Å²) < 4.78 is 37.1. The van der Waals surface area contributed by atoms with Gasteiger partial charge in [-0.2, -0.15) is 0 Å². The fourth-order valence-corrected chi connectivity index (χ4v) is 10.8. The molecule has 65 heavy (non-hydrogen) atoms. The molecule has 2 saturated carbocycles. The molecule has 11 atom stereocenters. The molecule has 344 valence electrons. The molecule has 2 aliphatic heterocycles. The molecule has 3 fully saturated rings. The molecule has 16 heteroatoms. The Hall–Kier alpha value is -5.94. The zero-order valence-electron chi connectivity index (χ0n) is 36.7. The highest BCUT2D eigenvalue weighted by atomic mass is 16.6. The Balaban J connectivity index is 1.35. The van der Waals surface area contributed by atoms with Crippen LogP contribution < -0.4 is 10.1 Å². The largest absolute Gasteiger partial charge is 0.493 e. The first-order valence-corrected chi connectivity index (χ1v) is 21.7. The van der Waals surface area contributed by atoms with E-state index in [1.807, 2.05) is 0 Å². The highest BCUT2D eigenvalue weighted by Crippen LogP contribution is 2.64. The summed E-state index contributed by atoms with van der Waals surface area (Å²) in [6.45, 7) is 6.76. The molecule has 0 unspecified atom stereocenters. The normalized spacial score (nSPS) is 34.3. The van der Waals surface area contributed by atoms with E-state index in [2.05, 4.69) is 5.32 Å². The topological polar surface area (TPSA) is 231 Å². The van der Waals surface area contributed by atoms with Gasteiger partial charge in [0.15, 0.2) is 23.6 Å².